The van der Waals surface area contributed by atoms with E-state index in [1.165, 1.54) is 0 Å². The smallest absolute Gasteiger partial charge is 0.222 e. The highest BCUT2D eigenvalue weighted by Gasteiger charge is 2.04. The maximum absolute atomic E-state index is 5.73. The first kappa shape index (κ1) is 10.9. The zero-order chi connectivity index (χ0) is 11.4. The summed E-state index contributed by atoms with van der Waals surface area (Å²) in [6.07, 6.45) is 2.34. The average Bonchev–Trinajstić information content (AvgIpc) is 2.30. The number of aromatic nitrogens is 2. The summed E-state index contributed by atoms with van der Waals surface area (Å²) in [6, 6.07) is 9.70. The van der Waals surface area contributed by atoms with Crippen LogP contribution in [0, 0.1) is 0 Å². The van der Waals surface area contributed by atoms with Crippen LogP contribution in [0.1, 0.15) is 11.3 Å². The zero-order valence-electron chi connectivity index (χ0n) is 8.85. The topological polar surface area (TPSA) is 35.0 Å². The normalized spacial score (nSPS) is 10.1. The lowest BCUT2D eigenvalue weighted by Crippen LogP contribution is -1.96. The van der Waals surface area contributed by atoms with E-state index in [0.29, 0.717) is 6.42 Å². The Balaban J connectivity index is 2.26. The van der Waals surface area contributed by atoms with Gasteiger partial charge in [0, 0.05) is 23.9 Å². The van der Waals surface area contributed by atoms with Gasteiger partial charge in [0.2, 0.25) is 5.28 Å². The van der Waals surface area contributed by atoms with E-state index in [-0.39, 0.29) is 5.28 Å². The third kappa shape index (κ3) is 2.49. The van der Waals surface area contributed by atoms with Crippen molar-refractivity contribution in [2.45, 2.75) is 6.42 Å². The Kier molecular flexibility index (Phi) is 3.37. The van der Waals surface area contributed by atoms with Crippen LogP contribution in [0.4, 0.5) is 0 Å². The number of halogens is 1. The molecular formula is C12H11ClN2O. The molecule has 0 amide bonds. The fourth-order valence-corrected chi connectivity index (χ4v) is 1.68. The van der Waals surface area contributed by atoms with Crippen LogP contribution in [0.2, 0.25) is 5.28 Å². The molecule has 2 rings (SSSR count). The minimum atomic E-state index is 0.271. The summed E-state index contributed by atoms with van der Waals surface area (Å²) < 4.78 is 5.27. The number of ether oxygens (including phenoxy) is 1. The molecule has 0 aliphatic heterocycles. The SMILES string of the molecule is COc1ccccc1Cc1ccnc(Cl)n1. The van der Waals surface area contributed by atoms with Crippen molar-refractivity contribution in [2.24, 2.45) is 0 Å². The molecule has 82 valence electrons. The third-order valence-electron chi connectivity index (χ3n) is 2.25. The van der Waals surface area contributed by atoms with Crippen LogP contribution in [0.3, 0.4) is 0 Å². The molecule has 4 heteroatoms. The molecule has 1 aromatic heterocycles. The highest BCUT2D eigenvalue weighted by Crippen LogP contribution is 2.20. The van der Waals surface area contributed by atoms with E-state index in [4.69, 9.17) is 16.3 Å². The van der Waals surface area contributed by atoms with Gasteiger partial charge in [-0.3, -0.25) is 0 Å². The Hall–Kier alpha value is -1.61. The summed E-state index contributed by atoms with van der Waals surface area (Å²) in [6.45, 7) is 0. The summed E-state index contributed by atoms with van der Waals surface area (Å²) in [5.41, 5.74) is 1.96. The van der Waals surface area contributed by atoms with Crippen molar-refractivity contribution in [1.82, 2.24) is 9.97 Å². The van der Waals surface area contributed by atoms with Crippen molar-refractivity contribution in [2.75, 3.05) is 7.11 Å². The largest absolute Gasteiger partial charge is 0.496 e. The van der Waals surface area contributed by atoms with Crippen molar-refractivity contribution >= 4 is 11.6 Å². The molecule has 2 aromatic rings. The average molecular weight is 235 g/mol. The van der Waals surface area contributed by atoms with Crippen molar-refractivity contribution in [3.63, 3.8) is 0 Å². The van der Waals surface area contributed by atoms with E-state index >= 15 is 0 Å². The number of hydrogen-bond acceptors (Lipinski definition) is 3. The second-order valence-electron chi connectivity index (χ2n) is 3.31. The van der Waals surface area contributed by atoms with Crippen LogP contribution in [0.5, 0.6) is 5.75 Å². The van der Waals surface area contributed by atoms with Crippen LogP contribution >= 0.6 is 11.6 Å². The van der Waals surface area contributed by atoms with Gasteiger partial charge in [-0.15, -0.1) is 0 Å². The lowest BCUT2D eigenvalue weighted by molar-refractivity contribution is 0.410. The van der Waals surface area contributed by atoms with E-state index in [2.05, 4.69) is 9.97 Å². The third-order valence-corrected chi connectivity index (χ3v) is 2.43. The first-order valence-corrected chi connectivity index (χ1v) is 5.26. The van der Waals surface area contributed by atoms with Gasteiger partial charge in [0.05, 0.1) is 7.11 Å². The molecule has 0 aliphatic rings. The predicted octanol–water partition coefficient (Wildman–Crippen LogP) is 2.73. The maximum atomic E-state index is 5.73. The summed E-state index contributed by atoms with van der Waals surface area (Å²) in [4.78, 5) is 7.99. The monoisotopic (exact) mass is 234 g/mol. The van der Waals surface area contributed by atoms with E-state index in [9.17, 15) is 0 Å². The van der Waals surface area contributed by atoms with Crippen LogP contribution in [-0.4, -0.2) is 17.1 Å². The van der Waals surface area contributed by atoms with Gasteiger partial charge in [-0.1, -0.05) is 18.2 Å². The summed E-state index contributed by atoms with van der Waals surface area (Å²) in [5.74, 6) is 0.859. The maximum Gasteiger partial charge on any atom is 0.222 e. The molecule has 0 unspecified atom stereocenters. The minimum Gasteiger partial charge on any atom is -0.496 e. The second kappa shape index (κ2) is 4.94. The molecule has 0 radical (unpaired) electrons. The van der Waals surface area contributed by atoms with E-state index in [1.807, 2.05) is 30.3 Å². The van der Waals surface area contributed by atoms with Crippen LogP contribution in [0.15, 0.2) is 36.5 Å². The fourth-order valence-electron chi connectivity index (χ4n) is 1.51. The Morgan fingerprint density at radius 1 is 1.25 bits per heavy atom. The van der Waals surface area contributed by atoms with Gasteiger partial charge in [-0.25, -0.2) is 9.97 Å². The molecule has 0 bridgehead atoms. The van der Waals surface area contributed by atoms with Crippen molar-refractivity contribution in [3.8, 4) is 5.75 Å². The quantitative estimate of drug-likeness (QED) is 0.766. The molecule has 0 saturated carbocycles. The Morgan fingerprint density at radius 2 is 2.06 bits per heavy atom. The van der Waals surface area contributed by atoms with E-state index in [1.54, 1.807) is 13.3 Å². The van der Waals surface area contributed by atoms with Gasteiger partial charge in [0.25, 0.3) is 0 Å². The zero-order valence-corrected chi connectivity index (χ0v) is 9.61. The molecule has 0 N–H and O–H groups in total. The predicted molar refractivity (Wildman–Crippen MR) is 62.8 cm³/mol. The van der Waals surface area contributed by atoms with E-state index < -0.39 is 0 Å². The number of nitrogens with zero attached hydrogens (tertiary/aromatic N) is 2. The molecule has 1 heterocycles. The lowest BCUT2D eigenvalue weighted by Gasteiger charge is -2.07. The summed E-state index contributed by atoms with van der Waals surface area (Å²) in [7, 11) is 1.66. The lowest BCUT2D eigenvalue weighted by atomic mass is 10.1. The molecule has 0 aliphatic carbocycles. The molecule has 0 saturated heterocycles. The van der Waals surface area contributed by atoms with Crippen molar-refractivity contribution in [1.29, 1.82) is 0 Å². The number of para-hydroxylation sites is 1. The Bertz CT molecular complexity index is 488. The first-order chi connectivity index (χ1) is 7.79. The summed E-state index contributed by atoms with van der Waals surface area (Å²) >= 11 is 5.73. The number of rotatable bonds is 3. The van der Waals surface area contributed by atoms with Crippen molar-refractivity contribution in [3.05, 3.63) is 53.1 Å². The molecule has 0 spiro atoms. The van der Waals surface area contributed by atoms with Gasteiger partial charge < -0.3 is 4.74 Å². The molecule has 3 nitrogen and oxygen atoms in total. The minimum absolute atomic E-state index is 0.271. The first-order valence-electron chi connectivity index (χ1n) is 4.89. The molecule has 0 atom stereocenters. The number of methoxy groups -OCH3 is 1. The summed E-state index contributed by atoms with van der Waals surface area (Å²) in [5, 5.41) is 0.271. The number of benzene rings is 1. The van der Waals surface area contributed by atoms with Crippen LogP contribution < -0.4 is 4.74 Å². The van der Waals surface area contributed by atoms with Crippen molar-refractivity contribution < 1.29 is 4.74 Å². The molecular weight excluding hydrogens is 224 g/mol. The van der Waals surface area contributed by atoms with Gasteiger partial charge in [-0.05, 0) is 23.7 Å². The van der Waals surface area contributed by atoms with Gasteiger partial charge in [0.1, 0.15) is 5.75 Å². The standard InChI is InChI=1S/C12H11ClN2O/c1-16-11-5-3-2-4-9(11)8-10-6-7-14-12(13)15-10/h2-7H,8H2,1H3. The Labute approximate surface area is 99.1 Å². The molecule has 0 fully saturated rings. The molecule has 16 heavy (non-hydrogen) atoms. The van der Waals surface area contributed by atoms with E-state index in [0.717, 1.165) is 17.0 Å². The van der Waals surface area contributed by atoms with Gasteiger partial charge in [0.15, 0.2) is 0 Å². The van der Waals surface area contributed by atoms with Gasteiger partial charge >= 0.3 is 0 Å². The highest BCUT2D eigenvalue weighted by atomic mass is 35.5. The van der Waals surface area contributed by atoms with Gasteiger partial charge in [-0.2, -0.15) is 0 Å². The second-order valence-corrected chi connectivity index (χ2v) is 3.64. The Morgan fingerprint density at radius 3 is 2.81 bits per heavy atom. The molecule has 1 aromatic carbocycles. The fraction of sp³-hybridized carbons (Fsp3) is 0.167. The van der Waals surface area contributed by atoms with Crippen LogP contribution in [0.25, 0.3) is 0 Å². The van der Waals surface area contributed by atoms with Crippen LogP contribution in [-0.2, 0) is 6.42 Å². The highest BCUT2D eigenvalue weighted by molar-refractivity contribution is 6.28. The number of hydrogen-bond donors (Lipinski definition) is 0.